The normalized spacial score (nSPS) is 14.7. The molecule has 1 aliphatic rings. The van der Waals surface area contributed by atoms with Crippen molar-refractivity contribution < 1.29 is 4.57 Å². The first-order valence-corrected chi connectivity index (χ1v) is 8.68. The van der Waals surface area contributed by atoms with Gasteiger partial charge in [0.2, 0.25) is 0 Å². The van der Waals surface area contributed by atoms with Gasteiger partial charge in [0.25, 0.3) is 0 Å². The number of rotatable bonds is 3. The molecular formula is C16H19N6S+. The summed E-state index contributed by atoms with van der Waals surface area (Å²) in [6.45, 7) is 2.60. The average Bonchev–Trinajstić information content (AvgIpc) is 3.28. The fraction of sp³-hybridized carbons (Fsp3) is 0.375. The lowest BCUT2D eigenvalue weighted by molar-refractivity contribution is -0.670. The van der Waals surface area contributed by atoms with Crippen LogP contribution < -0.4 is 4.57 Å². The largest absolute Gasteiger partial charge is 0.355 e. The summed E-state index contributed by atoms with van der Waals surface area (Å²) in [7, 11) is 2.01. The van der Waals surface area contributed by atoms with Gasteiger partial charge in [-0.05, 0) is 12.8 Å². The quantitative estimate of drug-likeness (QED) is 0.453. The Balaban J connectivity index is 1.57. The number of fused-ring (bicyclic) bond motifs is 1. The maximum atomic E-state index is 8.29. The van der Waals surface area contributed by atoms with Gasteiger partial charge in [-0.25, -0.2) is 9.55 Å². The van der Waals surface area contributed by atoms with E-state index < -0.39 is 0 Å². The molecule has 7 heteroatoms. The molecule has 3 aromatic heterocycles. The van der Waals surface area contributed by atoms with Crippen LogP contribution in [0.2, 0.25) is 0 Å². The van der Waals surface area contributed by atoms with Crippen LogP contribution >= 0.6 is 11.3 Å². The number of aromatic nitrogens is 4. The fourth-order valence-electron chi connectivity index (χ4n) is 2.96. The maximum Gasteiger partial charge on any atom is 0.194 e. The Kier molecular flexibility index (Phi) is 3.57. The summed E-state index contributed by atoms with van der Waals surface area (Å²) in [6.07, 6.45) is 8.33. The number of likely N-dealkylation sites (tertiary alicyclic amines) is 1. The smallest absolute Gasteiger partial charge is 0.194 e. The van der Waals surface area contributed by atoms with Gasteiger partial charge in [0.05, 0.1) is 12.7 Å². The Hall–Kier alpha value is -2.28. The molecule has 0 unspecified atom stereocenters. The number of aryl methyl sites for hydroxylation is 1. The molecule has 1 aliphatic heterocycles. The highest BCUT2D eigenvalue weighted by Gasteiger charge is 2.19. The number of pyridine rings is 1. The SMILES string of the molecule is C[n+]1ccc2cnn(Cc3nc(C(=N)N4CCCC4)cs3)c2c1. The van der Waals surface area contributed by atoms with Gasteiger partial charge < -0.3 is 4.90 Å². The van der Waals surface area contributed by atoms with Crippen molar-refractivity contribution in [1.82, 2.24) is 19.7 Å². The molecule has 0 atom stereocenters. The molecular weight excluding hydrogens is 308 g/mol. The van der Waals surface area contributed by atoms with Crippen molar-refractivity contribution in [2.24, 2.45) is 7.05 Å². The van der Waals surface area contributed by atoms with Crippen molar-refractivity contribution in [1.29, 1.82) is 5.41 Å². The van der Waals surface area contributed by atoms with Crippen LogP contribution in [-0.4, -0.2) is 38.6 Å². The Morgan fingerprint density at radius 2 is 2.22 bits per heavy atom. The summed E-state index contributed by atoms with van der Waals surface area (Å²) in [5, 5.41) is 16.9. The summed E-state index contributed by atoms with van der Waals surface area (Å²) in [5.41, 5.74) is 1.88. The molecule has 4 heterocycles. The minimum absolute atomic E-state index is 0.557. The van der Waals surface area contributed by atoms with Gasteiger partial charge in [0.1, 0.15) is 29.1 Å². The molecule has 1 N–H and O–H groups in total. The van der Waals surface area contributed by atoms with Crippen LogP contribution in [0, 0.1) is 5.41 Å². The highest BCUT2D eigenvalue weighted by Crippen LogP contribution is 2.18. The summed E-state index contributed by atoms with van der Waals surface area (Å²) < 4.78 is 3.99. The van der Waals surface area contributed by atoms with Crippen molar-refractivity contribution in [3.63, 3.8) is 0 Å². The number of nitrogens with zero attached hydrogens (tertiary/aromatic N) is 5. The lowest BCUT2D eigenvalue weighted by atomic mass is 10.3. The summed E-state index contributed by atoms with van der Waals surface area (Å²) in [4.78, 5) is 6.76. The number of hydrogen-bond acceptors (Lipinski definition) is 4. The zero-order chi connectivity index (χ0) is 15.8. The first kappa shape index (κ1) is 14.3. The van der Waals surface area contributed by atoms with Gasteiger partial charge in [-0.15, -0.1) is 11.3 Å². The molecule has 0 saturated carbocycles. The Bertz CT molecular complexity index is 858. The lowest BCUT2D eigenvalue weighted by Crippen LogP contribution is -2.28. The van der Waals surface area contributed by atoms with Crippen molar-refractivity contribution in [3.05, 3.63) is 40.7 Å². The Labute approximate surface area is 138 Å². The van der Waals surface area contributed by atoms with E-state index in [2.05, 4.69) is 27.2 Å². The Morgan fingerprint density at radius 3 is 3.04 bits per heavy atom. The van der Waals surface area contributed by atoms with E-state index in [4.69, 9.17) is 5.41 Å². The minimum atomic E-state index is 0.557. The van der Waals surface area contributed by atoms with Gasteiger partial charge in [0.15, 0.2) is 12.4 Å². The molecule has 3 aromatic rings. The van der Waals surface area contributed by atoms with Crippen LogP contribution in [0.3, 0.4) is 0 Å². The number of amidine groups is 1. The molecule has 0 radical (unpaired) electrons. The molecule has 118 valence electrons. The molecule has 1 saturated heterocycles. The second kappa shape index (κ2) is 5.73. The molecule has 0 aromatic carbocycles. The van der Waals surface area contributed by atoms with Crippen LogP contribution in [0.25, 0.3) is 10.9 Å². The maximum absolute atomic E-state index is 8.29. The predicted octanol–water partition coefficient (Wildman–Crippen LogP) is 1.79. The van der Waals surface area contributed by atoms with Crippen molar-refractivity contribution in [2.75, 3.05) is 13.1 Å². The van der Waals surface area contributed by atoms with E-state index in [-0.39, 0.29) is 0 Å². The monoisotopic (exact) mass is 327 g/mol. The van der Waals surface area contributed by atoms with Gasteiger partial charge in [-0.1, -0.05) is 0 Å². The zero-order valence-electron chi connectivity index (χ0n) is 13.1. The van der Waals surface area contributed by atoms with Crippen molar-refractivity contribution in [3.8, 4) is 0 Å². The topological polar surface area (TPSA) is 61.7 Å². The molecule has 1 fully saturated rings. The van der Waals surface area contributed by atoms with E-state index in [1.54, 1.807) is 11.3 Å². The fourth-order valence-corrected chi connectivity index (χ4v) is 3.72. The van der Waals surface area contributed by atoms with E-state index >= 15 is 0 Å². The molecule has 4 rings (SSSR count). The second-order valence-corrected chi connectivity index (χ2v) is 6.87. The summed E-state index contributed by atoms with van der Waals surface area (Å²) >= 11 is 1.60. The third-order valence-corrected chi connectivity index (χ3v) is 5.06. The van der Waals surface area contributed by atoms with Crippen molar-refractivity contribution in [2.45, 2.75) is 19.4 Å². The first-order valence-electron chi connectivity index (χ1n) is 7.80. The molecule has 0 aliphatic carbocycles. The minimum Gasteiger partial charge on any atom is -0.355 e. The van der Waals surface area contributed by atoms with Crippen LogP contribution in [0.4, 0.5) is 0 Å². The number of hydrogen-bond donors (Lipinski definition) is 1. The van der Waals surface area contributed by atoms with E-state index in [9.17, 15) is 0 Å². The predicted molar refractivity (Wildman–Crippen MR) is 89.8 cm³/mol. The van der Waals surface area contributed by atoms with Gasteiger partial charge in [-0.2, -0.15) is 5.10 Å². The highest BCUT2D eigenvalue weighted by atomic mass is 32.1. The molecule has 0 spiro atoms. The van der Waals surface area contributed by atoms with Crippen LogP contribution in [0.1, 0.15) is 23.5 Å². The van der Waals surface area contributed by atoms with E-state index in [0.29, 0.717) is 12.4 Å². The summed E-state index contributed by atoms with van der Waals surface area (Å²) in [6, 6.07) is 2.06. The van der Waals surface area contributed by atoms with Gasteiger partial charge in [-0.3, -0.25) is 10.1 Å². The van der Waals surface area contributed by atoms with Crippen molar-refractivity contribution >= 4 is 28.1 Å². The molecule has 6 nitrogen and oxygen atoms in total. The van der Waals surface area contributed by atoms with E-state index in [1.807, 2.05) is 34.1 Å². The summed E-state index contributed by atoms with van der Waals surface area (Å²) in [5.74, 6) is 0.557. The third kappa shape index (κ3) is 2.72. The molecule has 0 bridgehead atoms. The lowest BCUT2D eigenvalue weighted by Gasteiger charge is -2.16. The first-order chi connectivity index (χ1) is 11.2. The van der Waals surface area contributed by atoms with Crippen LogP contribution in [0.15, 0.2) is 30.0 Å². The number of nitrogens with one attached hydrogen (secondary N) is 1. The average molecular weight is 327 g/mol. The standard InChI is InChI=1S/C16H19N6S/c1-20-7-4-12-8-18-22(14(12)9-20)10-15-19-13(11-23-15)16(17)21-5-2-3-6-21/h4,7-9,11,17H,2-3,5-6,10H2,1H3/q+1. The van der Waals surface area contributed by atoms with E-state index in [0.717, 1.165) is 34.7 Å². The molecule has 0 amide bonds. The Morgan fingerprint density at radius 1 is 1.39 bits per heavy atom. The second-order valence-electron chi connectivity index (χ2n) is 5.92. The molecule has 23 heavy (non-hydrogen) atoms. The third-order valence-electron chi connectivity index (χ3n) is 4.23. The van der Waals surface area contributed by atoms with Gasteiger partial charge in [0, 0.05) is 29.9 Å². The van der Waals surface area contributed by atoms with Crippen LogP contribution in [-0.2, 0) is 13.6 Å². The zero-order valence-corrected chi connectivity index (χ0v) is 13.9. The van der Waals surface area contributed by atoms with E-state index in [1.165, 1.54) is 12.8 Å². The number of thiazole rings is 1. The highest BCUT2D eigenvalue weighted by molar-refractivity contribution is 7.09. The van der Waals surface area contributed by atoms with Gasteiger partial charge >= 0.3 is 0 Å². The van der Waals surface area contributed by atoms with Crippen LogP contribution in [0.5, 0.6) is 0 Å².